The van der Waals surface area contributed by atoms with E-state index in [1.165, 1.54) is 0 Å². The standard InChI is InChI=1S/C17H19ClFN3O2S/c1-17(2,3)10-4-6-11(7-5-10)25(24)22-15-9-14(19)13(18)8-12(15)16(23)21-20/h4-9,22H,20H2,1-3H3,(H,21,23). The van der Waals surface area contributed by atoms with E-state index in [1.807, 2.05) is 17.6 Å². The molecule has 25 heavy (non-hydrogen) atoms. The predicted molar refractivity (Wildman–Crippen MR) is 98.2 cm³/mol. The van der Waals surface area contributed by atoms with Gasteiger partial charge in [0.15, 0.2) is 0 Å². The topological polar surface area (TPSA) is 84.2 Å². The summed E-state index contributed by atoms with van der Waals surface area (Å²) in [6.07, 6.45) is 0. The highest BCUT2D eigenvalue weighted by Gasteiger charge is 2.18. The third-order valence-corrected chi connectivity index (χ3v) is 4.97. The first kappa shape index (κ1) is 19.4. The first-order valence-electron chi connectivity index (χ1n) is 7.42. The molecule has 0 fully saturated rings. The zero-order valence-corrected chi connectivity index (χ0v) is 15.6. The van der Waals surface area contributed by atoms with Gasteiger partial charge in [0.2, 0.25) is 0 Å². The molecule has 8 heteroatoms. The zero-order valence-electron chi connectivity index (χ0n) is 14.0. The van der Waals surface area contributed by atoms with Crippen molar-refractivity contribution in [3.63, 3.8) is 0 Å². The Morgan fingerprint density at radius 1 is 1.20 bits per heavy atom. The first-order valence-corrected chi connectivity index (χ1v) is 8.95. The molecule has 4 N–H and O–H groups in total. The highest BCUT2D eigenvalue weighted by molar-refractivity contribution is 7.86. The molecule has 2 aromatic carbocycles. The van der Waals surface area contributed by atoms with Crippen molar-refractivity contribution in [1.29, 1.82) is 0 Å². The van der Waals surface area contributed by atoms with E-state index in [0.717, 1.165) is 17.7 Å². The lowest BCUT2D eigenvalue weighted by Crippen LogP contribution is -2.30. The van der Waals surface area contributed by atoms with E-state index in [4.69, 9.17) is 17.4 Å². The summed E-state index contributed by atoms with van der Waals surface area (Å²) in [5, 5.41) is -0.232. The number of hydrogen-bond acceptors (Lipinski definition) is 3. The van der Waals surface area contributed by atoms with Gasteiger partial charge in [-0.3, -0.25) is 10.2 Å². The molecule has 0 saturated carbocycles. The minimum Gasteiger partial charge on any atom is -0.300 e. The fraction of sp³-hybridized carbons (Fsp3) is 0.235. The summed E-state index contributed by atoms with van der Waals surface area (Å²) in [6.45, 7) is 6.22. The monoisotopic (exact) mass is 383 g/mol. The van der Waals surface area contributed by atoms with Gasteiger partial charge in [-0.25, -0.2) is 14.4 Å². The molecule has 1 amide bonds. The number of halogens is 2. The predicted octanol–water partition coefficient (Wildman–Crippen LogP) is 3.51. The quantitative estimate of drug-likeness (QED) is 0.429. The number of hydrogen-bond donors (Lipinski definition) is 3. The van der Waals surface area contributed by atoms with Crippen LogP contribution in [0.1, 0.15) is 36.7 Å². The number of benzene rings is 2. The highest BCUT2D eigenvalue weighted by atomic mass is 35.5. The maximum absolute atomic E-state index is 13.7. The van der Waals surface area contributed by atoms with Crippen molar-refractivity contribution >= 4 is 34.2 Å². The molecular weight excluding hydrogens is 365 g/mol. The van der Waals surface area contributed by atoms with Crippen LogP contribution >= 0.6 is 11.6 Å². The van der Waals surface area contributed by atoms with Crippen molar-refractivity contribution in [3.05, 3.63) is 58.4 Å². The molecule has 0 aliphatic rings. The van der Waals surface area contributed by atoms with Crippen LogP contribution in [0.3, 0.4) is 0 Å². The Hall–Kier alpha value is -1.96. The van der Waals surface area contributed by atoms with Crippen LogP contribution in [0.25, 0.3) is 0 Å². The lowest BCUT2D eigenvalue weighted by molar-refractivity contribution is 0.0954. The van der Waals surface area contributed by atoms with Gasteiger partial charge in [0, 0.05) is 6.07 Å². The summed E-state index contributed by atoms with van der Waals surface area (Å²) in [4.78, 5) is 12.3. The van der Waals surface area contributed by atoms with Gasteiger partial charge >= 0.3 is 0 Å². The highest BCUT2D eigenvalue weighted by Crippen LogP contribution is 2.27. The van der Waals surface area contributed by atoms with Gasteiger partial charge in [0.1, 0.15) is 16.8 Å². The largest absolute Gasteiger partial charge is 0.300 e. The first-order chi connectivity index (χ1) is 11.6. The number of carbonyl (C=O) groups excluding carboxylic acids is 1. The Morgan fingerprint density at radius 3 is 2.32 bits per heavy atom. The van der Waals surface area contributed by atoms with Gasteiger partial charge in [0.25, 0.3) is 5.91 Å². The number of rotatable bonds is 4. The fourth-order valence-electron chi connectivity index (χ4n) is 2.13. The normalized spacial score (nSPS) is 12.6. The average Bonchev–Trinajstić information content (AvgIpc) is 2.56. The molecule has 2 aromatic rings. The maximum Gasteiger partial charge on any atom is 0.267 e. The summed E-state index contributed by atoms with van der Waals surface area (Å²) in [5.41, 5.74) is 3.03. The number of amides is 1. The van der Waals surface area contributed by atoms with Crippen molar-refractivity contribution < 1.29 is 13.4 Å². The second-order valence-corrected chi connectivity index (χ2v) is 8.05. The van der Waals surface area contributed by atoms with Crippen molar-refractivity contribution in [1.82, 2.24) is 5.43 Å². The van der Waals surface area contributed by atoms with Crippen molar-refractivity contribution in [2.45, 2.75) is 31.1 Å². The SMILES string of the molecule is CC(C)(C)c1ccc(S(=O)Nc2cc(F)c(Cl)cc2C(=O)NN)cc1. The molecule has 1 unspecified atom stereocenters. The van der Waals surface area contributed by atoms with Gasteiger partial charge < -0.3 is 4.72 Å². The molecule has 134 valence electrons. The Morgan fingerprint density at radius 2 is 1.80 bits per heavy atom. The number of anilines is 1. The van der Waals surface area contributed by atoms with Gasteiger partial charge in [-0.2, -0.15) is 0 Å². The minimum atomic E-state index is -1.69. The zero-order chi connectivity index (χ0) is 18.8. The van der Waals surface area contributed by atoms with Crippen LogP contribution in [-0.4, -0.2) is 10.1 Å². The number of nitrogens with one attached hydrogen (secondary N) is 2. The van der Waals surface area contributed by atoms with E-state index < -0.39 is 22.7 Å². The fourth-order valence-corrected chi connectivity index (χ4v) is 3.17. The number of nitrogens with two attached hydrogens (primary N) is 1. The van der Waals surface area contributed by atoms with E-state index in [9.17, 15) is 13.4 Å². The second-order valence-electron chi connectivity index (χ2n) is 6.43. The van der Waals surface area contributed by atoms with E-state index in [2.05, 4.69) is 25.5 Å². The molecule has 0 aliphatic carbocycles. The molecule has 0 saturated heterocycles. The maximum atomic E-state index is 13.7. The van der Waals surface area contributed by atoms with E-state index in [-0.39, 0.29) is 21.7 Å². The lowest BCUT2D eigenvalue weighted by atomic mass is 9.87. The van der Waals surface area contributed by atoms with E-state index in [0.29, 0.717) is 4.90 Å². The van der Waals surface area contributed by atoms with Gasteiger partial charge in [-0.1, -0.05) is 44.5 Å². The third-order valence-electron chi connectivity index (χ3n) is 3.57. The molecule has 2 rings (SSSR count). The summed E-state index contributed by atoms with van der Waals surface area (Å²) in [5.74, 6) is 3.71. The number of carbonyl (C=O) groups is 1. The number of nitrogen functional groups attached to an aromatic ring is 1. The molecule has 0 spiro atoms. The molecule has 0 radical (unpaired) electrons. The Balaban J connectivity index is 2.31. The van der Waals surface area contributed by atoms with Crippen LogP contribution in [0.5, 0.6) is 0 Å². The van der Waals surface area contributed by atoms with Crippen LogP contribution in [0.2, 0.25) is 5.02 Å². The molecule has 5 nitrogen and oxygen atoms in total. The molecule has 0 aliphatic heterocycles. The smallest absolute Gasteiger partial charge is 0.267 e. The Bertz CT molecular complexity index is 820. The molecule has 0 bridgehead atoms. The van der Waals surface area contributed by atoms with Crippen molar-refractivity contribution in [2.75, 3.05) is 4.72 Å². The average molecular weight is 384 g/mol. The minimum absolute atomic E-state index is 0.00596. The van der Waals surface area contributed by atoms with Gasteiger partial charge in [-0.15, -0.1) is 0 Å². The third kappa shape index (κ3) is 4.56. The molecular formula is C17H19ClFN3O2S. The van der Waals surface area contributed by atoms with Crippen molar-refractivity contribution in [2.24, 2.45) is 5.84 Å². The molecule has 1 atom stereocenters. The van der Waals surface area contributed by atoms with Crippen molar-refractivity contribution in [3.8, 4) is 0 Å². The summed E-state index contributed by atoms with van der Waals surface area (Å²) in [7, 11) is -1.69. The van der Waals surface area contributed by atoms with Crippen LogP contribution in [0.4, 0.5) is 10.1 Å². The lowest BCUT2D eigenvalue weighted by Gasteiger charge is -2.19. The van der Waals surface area contributed by atoms with Gasteiger partial charge in [-0.05, 0) is 29.2 Å². The van der Waals surface area contributed by atoms with Crippen LogP contribution in [0.15, 0.2) is 41.3 Å². The summed E-state index contributed by atoms with van der Waals surface area (Å²) >= 11 is 5.70. The molecule has 0 heterocycles. The Labute approximate surface area is 153 Å². The van der Waals surface area contributed by atoms with E-state index >= 15 is 0 Å². The summed E-state index contributed by atoms with van der Waals surface area (Å²) < 4.78 is 28.9. The van der Waals surface area contributed by atoms with Crippen LogP contribution < -0.4 is 16.0 Å². The number of hydrazine groups is 1. The second kappa shape index (κ2) is 7.51. The van der Waals surface area contributed by atoms with Crippen LogP contribution in [-0.2, 0) is 16.4 Å². The van der Waals surface area contributed by atoms with Gasteiger partial charge in [0.05, 0.1) is 21.2 Å². The van der Waals surface area contributed by atoms with Crippen LogP contribution in [0, 0.1) is 5.82 Å². The van der Waals surface area contributed by atoms with E-state index in [1.54, 1.807) is 12.1 Å². The molecule has 0 aromatic heterocycles. The Kier molecular flexibility index (Phi) is 5.82. The summed E-state index contributed by atoms with van der Waals surface area (Å²) in [6, 6.07) is 9.34.